The Bertz CT molecular complexity index is 485. The molecular formula is C12H18FNO2S. The summed E-state index contributed by atoms with van der Waals surface area (Å²) in [5.74, 6) is -0.542. The fourth-order valence-corrected chi connectivity index (χ4v) is 3.22. The Balaban J connectivity index is 3.01. The standard InChI is InChI=1S/C12H18FNO2S/c1-4-5-10(3)14-17(15,16)12-8-11(13)7-6-9(12)2/h6-8,10,14H,4-5H2,1-3H3. The molecule has 1 unspecified atom stereocenters. The van der Waals surface area contributed by atoms with Crippen molar-refractivity contribution in [3.63, 3.8) is 0 Å². The van der Waals surface area contributed by atoms with Crippen molar-refractivity contribution < 1.29 is 12.8 Å². The smallest absolute Gasteiger partial charge is 0.208 e. The molecule has 1 aromatic rings. The van der Waals surface area contributed by atoms with Crippen molar-refractivity contribution >= 4 is 10.0 Å². The van der Waals surface area contributed by atoms with E-state index >= 15 is 0 Å². The first kappa shape index (κ1) is 14.1. The molecule has 1 N–H and O–H groups in total. The topological polar surface area (TPSA) is 46.2 Å². The molecule has 0 aliphatic heterocycles. The number of aryl methyl sites for hydroxylation is 1. The molecule has 0 saturated heterocycles. The van der Waals surface area contributed by atoms with Gasteiger partial charge in [0.25, 0.3) is 0 Å². The molecular weight excluding hydrogens is 241 g/mol. The first-order valence-electron chi connectivity index (χ1n) is 5.65. The highest BCUT2D eigenvalue weighted by Crippen LogP contribution is 2.17. The van der Waals surface area contributed by atoms with Gasteiger partial charge in [-0.05, 0) is 38.0 Å². The average Bonchev–Trinajstić information content (AvgIpc) is 2.21. The highest BCUT2D eigenvalue weighted by Gasteiger charge is 2.19. The van der Waals surface area contributed by atoms with Crippen LogP contribution in [0.1, 0.15) is 32.3 Å². The molecule has 0 radical (unpaired) electrons. The molecule has 1 rings (SSSR count). The lowest BCUT2D eigenvalue weighted by atomic mass is 10.2. The van der Waals surface area contributed by atoms with Crippen molar-refractivity contribution in [3.8, 4) is 0 Å². The van der Waals surface area contributed by atoms with Crippen LogP contribution in [0.25, 0.3) is 0 Å². The van der Waals surface area contributed by atoms with Crippen molar-refractivity contribution in [2.45, 2.75) is 44.6 Å². The lowest BCUT2D eigenvalue weighted by molar-refractivity contribution is 0.541. The summed E-state index contributed by atoms with van der Waals surface area (Å²) in [7, 11) is -3.62. The number of hydrogen-bond acceptors (Lipinski definition) is 2. The van der Waals surface area contributed by atoms with E-state index < -0.39 is 15.8 Å². The number of nitrogens with one attached hydrogen (secondary N) is 1. The predicted molar refractivity (Wildman–Crippen MR) is 65.8 cm³/mol. The third kappa shape index (κ3) is 3.78. The molecule has 0 aliphatic rings. The quantitative estimate of drug-likeness (QED) is 0.883. The van der Waals surface area contributed by atoms with Crippen molar-refractivity contribution in [2.24, 2.45) is 0 Å². The van der Waals surface area contributed by atoms with Gasteiger partial charge in [0.05, 0.1) is 4.90 Å². The molecule has 0 amide bonds. The minimum absolute atomic E-state index is 0.0143. The maximum absolute atomic E-state index is 13.1. The van der Waals surface area contributed by atoms with Gasteiger partial charge in [0.2, 0.25) is 10.0 Å². The molecule has 0 fully saturated rings. The minimum Gasteiger partial charge on any atom is -0.208 e. The summed E-state index contributed by atoms with van der Waals surface area (Å²) in [5, 5.41) is 0. The summed E-state index contributed by atoms with van der Waals surface area (Å²) in [6, 6.07) is 3.63. The molecule has 96 valence electrons. The Morgan fingerprint density at radius 1 is 1.41 bits per heavy atom. The van der Waals surface area contributed by atoms with E-state index in [0.29, 0.717) is 5.56 Å². The van der Waals surface area contributed by atoms with Crippen LogP contribution in [0, 0.1) is 12.7 Å². The van der Waals surface area contributed by atoms with Crippen LogP contribution in [0.15, 0.2) is 23.1 Å². The summed E-state index contributed by atoms with van der Waals surface area (Å²) >= 11 is 0. The van der Waals surface area contributed by atoms with Crippen LogP contribution >= 0.6 is 0 Å². The molecule has 17 heavy (non-hydrogen) atoms. The van der Waals surface area contributed by atoms with E-state index in [4.69, 9.17) is 0 Å². The molecule has 0 aromatic heterocycles. The van der Waals surface area contributed by atoms with Crippen LogP contribution in [-0.4, -0.2) is 14.5 Å². The van der Waals surface area contributed by atoms with E-state index in [1.807, 2.05) is 6.92 Å². The van der Waals surface area contributed by atoms with Gasteiger partial charge in [-0.2, -0.15) is 0 Å². The van der Waals surface area contributed by atoms with Crippen LogP contribution in [0.2, 0.25) is 0 Å². The molecule has 0 saturated carbocycles. The summed E-state index contributed by atoms with van der Waals surface area (Å²) in [5.41, 5.74) is 0.544. The second-order valence-corrected chi connectivity index (χ2v) is 5.90. The van der Waals surface area contributed by atoms with Gasteiger partial charge in [-0.1, -0.05) is 19.4 Å². The molecule has 0 bridgehead atoms. The van der Waals surface area contributed by atoms with Crippen LogP contribution in [0.4, 0.5) is 4.39 Å². The average molecular weight is 259 g/mol. The SMILES string of the molecule is CCCC(C)NS(=O)(=O)c1cc(F)ccc1C. The van der Waals surface area contributed by atoms with Crippen molar-refractivity contribution in [3.05, 3.63) is 29.6 Å². The third-order valence-electron chi connectivity index (χ3n) is 2.52. The van der Waals surface area contributed by atoms with Gasteiger partial charge in [0, 0.05) is 6.04 Å². The zero-order valence-corrected chi connectivity index (χ0v) is 11.1. The number of hydrogen-bond donors (Lipinski definition) is 1. The lowest BCUT2D eigenvalue weighted by Crippen LogP contribution is -2.32. The van der Waals surface area contributed by atoms with E-state index in [2.05, 4.69) is 4.72 Å². The molecule has 0 spiro atoms. The first-order chi connectivity index (χ1) is 7.86. The molecule has 3 nitrogen and oxygen atoms in total. The zero-order valence-electron chi connectivity index (χ0n) is 10.3. The third-order valence-corrected chi connectivity index (χ3v) is 4.25. The van der Waals surface area contributed by atoms with E-state index in [0.717, 1.165) is 18.9 Å². The normalized spacial score (nSPS) is 13.6. The Morgan fingerprint density at radius 3 is 2.65 bits per heavy atom. The monoisotopic (exact) mass is 259 g/mol. The highest BCUT2D eigenvalue weighted by molar-refractivity contribution is 7.89. The van der Waals surface area contributed by atoms with E-state index in [-0.39, 0.29) is 10.9 Å². The second kappa shape index (κ2) is 5.60. The fourth-order valence-electron chi connectivity index (χ4n) is 1.68. The Labute approximate surface area is 102 Å². The number of rotatable bonds is 5. The Kier molecular flexibility index (Phi) is 4.65. The van der Waals surface area contributed by atoms with Crippen LogP contribution < -0.4 is 4.72 Å². The van der Waals surface area contributed by atoms with Gasteiger partial charge < -0.3 is 0 Å². The van der Waals surface area contributed by atoms with E-state index in [9.17, 15) is 12.8 Å². The Hall–Kier alpha value is -0.940. The van der Waals surface area contributed by atoms with Crippen molar-refractivity contribution in [2.75, 3.05) is 0 Å². The van der Waals surface area contributed by atoms with Gasteiger partial charge in [-0.15, -0.1) is 0 Å². The number of benzene rings is 1. The van der Waals surface area contributed by atoms with E-state index in [1.165, 1.54) is 12.1 Å². The highest BCUT2D eigenvalue weighted by atomic mass is 32.2. The number of sulfonamides is 1. The summed E-state index contributed by atoms with van der Waals surface area (Å²) < 4.78 is 39.6. The molecule has 0 heterocycles. The van der Waals surface area contributed by atoms with Crippen molar-refractivity contribution in [1.29, 1.82) is 0 Å². The maximum Gasteiger partial charge on any atom is 0.241 e. The van der Waals surface area contributed by atoms with Gasteiger partial charge >= 0.3 is 0 Å². The first-order valence-corrected chi connectivity index (χ1v) is 7.13. The van der Waals surface area contributed by atoms with Crippen LogP contribution in [-0.2, 0) is 10.0 Å². The van der Waals surface area contributed by atoms with E-state index in [1.54, 1.807) is 13.8 Å². The lowest BCUT2D eigenvalue weighted by Gasteiger charge is -2.14. The van der Waals surface area contributed by atoms with Gasteiger partial charge in [0.1, 0.15) is 5.82 Å². The largest absolute Gasteiger partial charge is 0.241 e. The zero-order chi connectivity index (χ0) is 13.1. The maximum atomic E-state index is 13.1. The van der Waals surface area contributed by atoms with Crippen LogP contribution in [0.3, 0.4) is 0 Å². The molecule has 1 atom stereocenters. The van der Waals surface area contributed by atoms with Crippen molar-refractivity contribution in [1.82, 2.24) is 4.72 Å². The molecule has 0 aliphatic carbocycles. The molecule has 5 heteroatoms. The van der Waals surface area contributed by atoms with Gasteiger partial charge in [0.15, 0.2) is 0 Å². The molecule has 1 aromatic carbocycles. The second-order valence-electron chi connectivity index (χ2n) is 4.22. The minimum atomic E-state index is -3.62. The summed E-state index contributed by atoms with van der Waals surface area (Å²) in [6.45, 7) is 5.44. The Morgan fingerprint density at radius 2 is 2.06 bits per heavy atom. The van der Waals surface area contributed by atoms with Gasteiger partial charge in [-0.25, -0.2) is 17.5 Å². The summed E-state index contributed by atoms with van der Waals surface area (Å²) in [4.78, 5) is 0.0143. The summed E-state index contributed by atoms with van der Waals surface area (Å²) in [6.07, 6.45) is 1.65. The number of halogens is 1. The fraction of sp³-hybridized carbons (Fsp3) is 0.500. The predicted octanol–water partition coefficient (Wildman–Crippen LogP) is 2.60. The van der Waals surface area contributed by atoms with Crippen LogP contribution in [0.5, 0.6) is 0 Å². The van der Waals surface area contributed by atoms with Gasteiger partial charge in [-0.3, -0.25) is 0 Å².